The molecule has 1 aromatic heterocycles. The highest BCUT2D eigenvalue weighted by atomic mass is 35.5. The summed E-state index contributed by atoms with van der Waals surface area (Å²) in [6, 6.07) is 17.5. The monoisotopic (exact) mass is 461 g/mol. The van der Waals surface area contributed by atoms with E-state index in [1.165, 1.54) is 18.7 Å². The first-order chi connectivity index (χ1) is 15.8. The van der Waals surface area contributed by atoms with Crippen LogP contribution in [0.3, 0.4) is 0 Å². The third-order valence-corrected chi connectivity index (χ3v) is 5.54. The van der Waals surface area contributed by atoms with Crippen LogP contribution in [-0.2, 0) is 9.53 Å². The fraction of sp³-hybridized carbons (Fsp3) is 0.120. The summed E-state index contributed by atoms with van der Waals surface area (Å²) in [4.78, 5) is 37.3. The predicted octanol–water partition coefficient (Wildman–Crippen LogP) is 5.10. The Balaban J connectivity index is 1.91. The number of para-hydroxylation sites is 1. The topological polar surface area (TPSA) is 90.3 Å². The molecule has 4 rings (SSSR count). The Labute approximate surface area is 194 Å². The Bertz CT molecular complexity index is 1400. The van der Waals surface area contributed by atoms with E-state index in [0.29, 0.717) is 33.0 Å². The maximum Gasteiger partial charge on any atom is 0.339 e. The van der Waals surface area contributed by atoms with Gasteiger partial charge in [-0.05, 0) is 36.8 Å². The van der Waals surface area contributed by atoms with Crippen molar-refractivity contribution in [3.05, 3.63) is 82.4 Å². The van der Waals surface area contributed by atoms with Gasteiger partial charge in [-0.25, -0.2) is 4.79 Å². The molecule has 1 heterocycles. The van der Waals surface area contributed by atoms with Crippen LogP contribution in [0.1, 0.15) is 33.2 Å². The highest BCUT2D eigenvalue weighted by Crippen LogP contribution is 2.32. The molecule has 33 heavy (non-hydrogen) atoms. The number of carbonyl (C=O) groups is 3. The van der Waals surface area contributed by atoms with Crippen LogP contribution >= 0.6 is 11.6 Å². The van der Waals surface area contributed by atoms with Crippen LogP contribution in [0.25, 0.3) is 22.2 Å². The van der Waals surface area contributed by atoms with Crippen LogP contribution in [0.15, 0.2) is 60.7 Å². The van der Waals surface area contributed by atoms with Crippen LogP contribution < -0.4 is 5.32 Å². The fourth-order valence-electron chi connectivity index (χ4n) is 3.72. The molecule has 0 saturated heterocycles. The van der Waals surface area contributed by atoms with Gasteiger partial charge in [0.15, 0.2) is 0 Å². The zero-order chi connectivity index (χ0) is 23.7. The van der Waals surface area contributed by atoms with Crippen molar-refractivity contribution in [3.63, 3.8) is 0 Å². The molecule has 7 nitrogen and oxygen atoms in total. The van der Waals surface area contributed by atoms with E-state index in [9.17, 15) is 14.4 Å². The summed E-state index contributed by atoms with van der Waals surface area (Å²) in [5.41, 5.74) is 3.36. The van der Waals surface area contributed by atoms with E-state index in [2.05, 4.69) is 10.4 Å². The molecule has 0 aliphatic rings. The van der Waals surface area contributed by atoms with Gasteiger partial charge >= 0.3 is 5.97 Å². The molecule has 0 saturated carbocycles. The molecular formula is C25H20ClN3O4. The minimum Gasteiger partial charge on any atom is -0.465 e. The van der Waals surface area contributed by atoms with Crippen molar-refractivity contribution in [3.8, 4) is 11.3 Å². The van der Waals surface area contributed by atoms with E-state index in [1.54, 1.807) is 36.4 Å². The van der Waals surface area contributed by atoms with Crippen LogP contribution in [-0.4, -0.2) is 34.7 Å². The van der Waals surface area contributed by atoms with Crippen molar-refractivity contribution in [2.45, 2.75) is 13.8 Å². The van der Waals surface area contributed by atoms with Crippen LogP contribution in [0.5, 0.6) is 0 Å². The fourth-order valence-corrected chi connectivity index (χ4v) is 4.02. The lowest BCUT2D eigenvalue weighted by molar-refractivity contribution is -0.114. The number of hydrogen-bond donors (Lipinski definition) is 1. The molecule has 0 radical (unpaired) electrons. The quantitative estimate of drug-likeness (QED) is 0.427. The molecular weight excluding hydrogens is 442 g/mol. The zero-order valence-corrected chi connectivity index (χ0v) is 18.9. The van der Waals surface area contributed by atoms with Gasteiger partial charge < -0.3 is 10.1 Å². The Morgan fingerprint density at radius 1 is 1.03 bits per heavy atom. The average molecular weight is 462 g/mol. The van der Waals surface area contributed by atoms with E-state index >= 15 is 0 Å². The summed E-state index contributed by atoms with van der Waals surface area (Å²) in [5.74, 6) is -1.27. The van der Waals surface area contributed by atoms with Gasteiger partial charge in [0.2, 0.25) is 5.91 Å². The maximum atomic E-state index is 13.4. The highest BCUT2D eigenvalue weighted by molar-refractivity contribution is 6.34. The first-order valence-electron chi connectivity index (χ1n) is 10.1. The smallest absolute Gasteiger partial charge is 0.339 e. The SMILES string of the molecule is COC(=O)c1ccc(-c2nn(C(=O)c3c(C)cccc3Cl)c3ccccc23)cc1NC(C)=O. The third-order valence-electron chi connectivity index (χ3n) is 5.22. The standard InChI is InChI=1S/C25H20ClN3O4/c1-14-7-6-9-19(26)22(14)24(31)29-21-10-5-4-8-18(21)23(28-29)16-11-12-17(25(32)33-3)20(13-16)27-15(2)30/h4-13H,1-3H3,(H,27,30). The number of benzene rings is 3. The lowest BCUT2D eigenvalue weighted by Gasteiger charge is -2.10. The number of methoxy groups -OCH3 is 1. The summed E-state index contributed by atoms with van der Waals surface area (Å²) in [6.07, 6.45) is 0. The number of halogens is 1. The summed E-state index contributed by atoms with van der Waals surface area (Å²) >= 11 is 6.33. The minimum absolute atomic E-state index is 0.211. The highest BCUT2D eigenvalue weighted by Gasteiger charge is 2.22. The van der Waals surface area contributed by atoms with Gasteiger partial charge in [-0.15, -0.1) is 0 Å². The Kier molecular flexibility index (Phi) is 5.98. The number of nitrogens with one attached hydrogen (secondary N) is 1. The summed E-state index contributed by atoms with van der Waals surface area (Å²) in [5, 5.41) is 8.35. The molecule has 1 amide bonds. The van der Waals surface area contributed by atoms with Crippen LogP contribution in [0.2, 0.25) is 5.02 Å². The number of aryl methyl sites for hydroxylation is 1. The van der Waals surface area contributed by atoms with Crippen molar-refractivity contribution in [1.29, 1.82) is 0 Å². The van der Waals surface area contributed by atoms with Gasteiger partial charge in [-0.1, -0.05) is 48.0 Å². The first-order valence-corrected chi connectivity index (χ1v) is 10.5. The number of fused-ring (bicyclic) bond motifs is 1. The van der Waals surface area contributed by atoms with Crippen LogP contribution in [0, 0.1) is 6.92 Å². The molecule has 0 spiro atoms. The molecule has 4 aromatic rings. The lowest BCUT2D eigenvalue weighted by Crippen LogP contribution is -2.15. The Morgan fingerprint density at radius 2 is 1.79 bits per heavy atom. The van der Waals surface area contributed by atoms with Gasteiger partial charge in [0.05, 0.1) is 34.5 Å². The molecule has 0 bridgehead atoms. The van der Waals surface area contributed by atoms with Crippen molar-refractivity contribution in [2.24, 2.45) is 0 Å². The number of rotatable bonds is 4. The van der Waals surface area contributed by atoms with Crippen molar-refractivity contribution in [1.82, 2.24) is 9.78 Å². The van der Waals surface area contributed by atoms with Gasteiger partial charge in [0.1, 0.15) is 5.69 Å². The van der Waals surface area contributed by atoms with Crippen molar-refractivity contribution in [2.75, 3.05) is 12.4 Å². The van der Waals surface area contributed by atoms with E-state index < -0.39 is 5.97 Å². The Hall–Kier alpha value is -3.97. The maximum absolute atomic E-state index is 13.4. The normalized spacial score (nSPS) is 10.8. The van der Waals surface area contributed by atoms with E-state index in [0.717, 1.165) is 10.9 Å². The molecule has 0 atom stereocenters. The Morgan fingerprint density at radius 3 is 2.48 bits per heavy atom. The number of amides is 1. The van der Waals surface area contributed by atoms with Crippen LogP contribution in [0.4, 0.5) is 5.69 Å². The molecule has 166 valence electrons. The number of ether oxygens (including phenoxy) is 1. The second-order valence-electron chi connectivity index (χ2n) is 7.45. The minimum atomic E-state index is -0.579. The zero-order valence-electron chi connectivity index (χ0n) is 18.2. The number of aromatic nitrogens is 2. The van der Waals surface area contributed by atoms with Gasteiger partial charge in [-0.3, -0.25) is 9.59 Å². The summed E-state index contributed by atoms with van der Waals surface area (Å²) in [7, 11) is 1.27. The second-order valence-corrected chi connectivity index (χ2v) is 7.85. The number of nitrogens with zero attached hydrogens (tertiary/aromatic N) is 2. The summed E-state index contributed by atoms with van der Waals surface area (Å²) < 4.78 is 6.14. The molecule has 0 aliphatic heterocycles. The average Bonchev–Trinajstić information content (AvgIpc) is 3.18. The number of anilines is 1. The van der Waals surface area contributed by atoms with Gasteiger partial charge in [0.25, 0.3) is 5.91 Å². The molecule has 0 unspecified atom stereocenters. The van der Waals surface area contributed by atoms with Gasteiger partial charge in [0, 0.05) is 17.9 Å². The third kappa shape index (κ3) is 4.10. The van der Waals surface area contributed by atoms with Crippen molar-refractivity contribution < 1.29 is 19.1 Å². The molecule has 3 aromatic carbocycles. The van der Waals surface area contributed by atoms with E-state index in [-0.39, 0.29) is 17.4 Å². The molecule has 1 N–H and O–H groups in total. The van der Waals surface area contributed by atoms with E-state index in [1.807, 2.05) is 31.2 Å². The number of esters is 1. The molecule has 0 fully saturated rings. The lowest BCUT2D eigenvalue weighted by atomic mass is 10.0. The second kappa shape index (κ2) is 8.88. The molecule has 0 aliphatic carbocycles. The van der Waals surface area contributed by atoms with E-state index in [4.69, 9.17) is 16.3 Å². The predicted molar refractivity (Wildman–Crippen MR) is 127 cm³/mol. The van der Waals surface area contributed by atoms with Gasteiger partial charge in [-0.2, -0.15) is 9.78 Å². The number of carbonyl (C=O) groups excluding carboxylic acids is 3. The molecule has 8 heteroatoms. The first kappa shape index (κ1) is 22.2. The largest absolute Gasteiger partial charge is 0.465 e. The van der Waals surface area contributed by atoms with Crippen molar-refractivity contribution >= 4 is 46.0 Å². The summed E-state index contributed by atoms with van der Waals surface area (Å²) in [6.45, 7) is 3.17. The number of hydrogen-bond acceptors (Lipinski definition) is 5.